The third-order valence-corrected chi connectivity index (χ3v) is 6.43. The SMILES string of the molecule is COCCn1c(COc2ccccc2-c2ccccc2)nnc1SC(C)c1c(F)cccc1F. The van der Waals surface area contributed by atoms with Crippen molar-refractivity contribution in [2.45, 2.75) is 30.5 Å². The maximum absolute atomic E-state index is 14.3. The Kier molecular flexibility index (Phi) is 7.92. The zero-order chi connectivity index (χ0) is 23.9. The molecule has 1 heterocycles. The van der Waals surface area contributed by atoms with Crippen LogP contribution in [-0.2, 0) is 17.9 Å². The highest BCUT2D eigenvalue weighted by Crippen LogP contribution is 2.37. The third-order valence-electron chi connectivity index (χ3n) is 5.33. The largest absolute Gasteiger partial charge is 0.485 e. The Morgan fingerprint density at radius 2 is 1.62 bits per heavy atom. The standard InChI is InChI=1S/C26H25F2N3O2S/c1-18(25-21(27)12-8-13-22(25)28)34-26-30-29-24(31(26)15-16-32-2)17-33-23-14-7-6-11-20(23)19-9-4-3-5-10-19/h3-14,18H,15-17H2,1-2H3. The molecule has 3 aromatic carbocycles. The fraction of sp³-hybridized carbons (Fsp3) is 0.231. The van der Waals surface area contributed by atoms with E-state index in [-0.39, 0.29) is 12.2 Å². The predicted octanol–water partition coefficient (Wildman–Crippen LogP) is 6.30. The number of aromatic nitrogens is 3. The van der Waals surface area contributed by atoms with Gasteiger partial charge in [0.05, 0.1) is 6.61 Å². The van der Waals surface area contributed by atoms with Crippen molar-refractivity contribution in [1.82, 2.24) is 14.8 Å². The lowest BCUT2D eigenvalue weighted by Gasteiger charge is -2.15. The smallest absolute Gasteiger partial charge is 0.191 e. The quantitative estimate of drug-likeness (QED) is 0.249. The van der Waals surface area contributed by atoms with Gasteiger partial charge < -0.3 is 14.0 Å². The summed E-state index contributed by atoms with van der Waals surface area (Å²) in [7, 11) is 1.61. The van der Waals surface area contributed by atoms with Crippen LogP contribution in [-0.4, -0.2) is 28.5 Å². The molecule has 0 aliphatic rings. The van der Waals surface area contributed by atoms with E-state index in [1.807, 2.05) is 59.2 Å². The van der Waals surface area contributed by atoms with Crippen molar-refractivity contribution in [1.29, 1.82) is 0 Å². The van der Waals surface area contributed by atoms with E-state index in [4.69, 9.17) is 9.47 Å². The number of nitrogens with zero attached hydrogens (tertiary/aromatic N) is 3. The van der Waals surface area contributed by atoms with Crippen LogP contribution < -0.4 is 4.74 Å². The molecule has 0 amide bonds. The van der Waals surface area contributed by atoms with Crippen molar-refractivity contribution >= 4 is 11.8 Å². The highest BCUT2D eigenvalue weighted by Gasteiger charge is 2.21. The Morgan fingerprint density at radius 3 is 2.35 bits per heavy atom. The highest BCUT2D eigenvalue weighted by atomic mass is 32.2. The molecule has 176 valence electrons. The summed E-state index contributed by atoms with van der Waals surface area (Å²) < 4.78 is 41.8. The fourth-order valence-electron chi connectivity index (χ4n) is 3.63. The minimum absolute atomic E-state index is 0.0170. The molecule has 0 aliphatic carbocycles. The van der Waals surface area contributed by atoms with Crippen molar-refractivity contribution in [2.75, 3.05) is 13.7 Å². The second-order valence-electron chi connectivity index (χ2n) is 7.59. The van der Waals surface area contributed by atoms with E-state index in [1.165, 1.54) is 30.0 Å². The van der Waals surface area contributed by atoms with Crippen molar-refractivity contribution < 1.29 is 18.3 Å². The Bertz CT molecular complexity index is 1210. The van der Waals surface area contributed by atoms with Crippen LogP contribution in [0, 0.1) is 11.6 Å². The molecule has 0 aliphatic heterocycles. The molecule has 0 saturated carbocycles. The summed E-state index contributed by atoms with van der Waals surface area (Å²) in [6.45, 7) is 2.84. The lowest BCUT2D eigenvalue weighted by molar-refractivity contribution is 0.181. The molecule has 4 rings (SSSR count). The average Bonchev–Trinajstić information content (AvgIpc) is 3.23. The first kappa shape index (κ1) is 23.9. The van der Waals surface area contributed by atoms with Crippen LogP contribution >= 0.6 is 11.8 Å². The summed E-state index contributed by atoms with van der Waals surface area (Å²) in [4.78, 5) is 0. The van der Waals surface area contributed by atoms with Crippen LogP contribution in [0.4, 0.5) is 8.78 Å². The van der Waals surface area contributed by atoms with Gasteiger partial charge >= 0.3 is 0 Å². The number of halogens is 2. The first-order chi connectivity index (χ1) is 16.6. The molecule has 0 fully saturated rings. The van der Waals surface area contributed by atoms with Crippen LogP contribution in [0.3, 0.4) is 0 Å². The zero-order valence-corrected chi connectivity index (χ0v) is 19.8. The molecule has 34 heavy (non-hydrogen) atoms. The van der Waals surface area contributed by atoms with E-state index in [2.05, 4.69) is 10.2 Å². The minimum atomic E-state index is -0.580. The monoisotopic (exact) mass is 481 g/mol. The van der Waals surface area contributed by atoms with E-state index in [9.17, 15) is 8.78 Å². The van der Waals surface area contributed by atoms with Crippen LogP contribution in [0.5, 0.6) is 5.75 Å². The maximum Gasteiger partial charge on any atom is 0.191 e. The number of methoxy groups -OCH3 is 1. The molecule has 5 nitrogen and oxygen atoms in total. The summed E-state index contributed by atoms with van der Waals surface area (Å²) >= 11 is 1.24. The molecule has 0 bridgehead atoms. The van der Waals surface area contributed by atoms with Gasteiger partial charge in [0, 0.05) is 30.0 Å². The van der Waals surface area contributed by atoms with Gasteiger partial charge in [-0.25, -0.2) is 8.78 Å². The van der Waals surface area contributed by atoms with Gasteiger partial charge in [0.25, 0.3) is 0 Å². The Labute approximate surface area is 201 Å². The van der Waals surface area contributed by atoms with Gasteiger partial charge in [0.1, 0.15) is 24.0 Å². The number of hydrogen-bond acceptors (Lipinski definition) is 5. The first-order valence-electron chi connectivity index (χ1n) is 10.9. The van der Waals surface area contributed by atoms with Crippen LogP contribution in [0.25, 0.3) is 11.1 Å². The molecule has 8 heteroatoms. The molecule has 0 N–H and O–H groups in total. The molecule has 1 aromatic heterocycles. The number of thioether (sulfide) groups is 1. The van der Waals surface area contributed by atoms with Gasteiger partial charge in [0.15, 0.2) is 11.0 Å². The Hall–Kier alpha value is -3.23. The average molecular weight is 482 g/mol. The molecule has 4 aromatic rings. The molecule has 0 spiro atoms. The van der Waals surface area contributed by atoms with E-state index < -0.39 is 16.9 Å². The van der Waals surface area contributed by atoms with E-state index in [1.54, 1.807) is 14.0 Å². The highest BCUT2D eigenvalue weighted by molar-refractivity contribution is 7.99. The third kappa shape index (κ3) is 5.46. The first-order valence-corrected chi connectivity index (χ1v) is 11.7. The summed E-state index contributed by atoms with van der Waals surface area (Å²) in [5.74, 6) is 0.169. The van der Waals surface area contributed by atoms with Crippen molar-refractivity contribution in [2.24, 2.45) is 0 Å². The van der Waals surface area contributed by atoms with E-state index in [0.29, 0.717) is 24.1 Å². The molecule has 1 unspecified atom stereocenters. The minimum Gasteiger partial charge on any atom is -0.485 e. The lowest BCUT2D eigenvalue weighted by Crippen LogP contribution is -2.12. The summed E-state index contributed by atoms with van der Waals surface area (Å²) in [6.07, 6.45) is 0. The fourth-order valence-corrected chi connectivity index (χ4v) is 4.70. The number of para-hydroxylation sites is 1. The zero-order valence-electron chi connectivity index (χ0n) is 18.9. The van der Waals surface area contributed by atoms with Crippen molar-refractivity contribution in [3.63, 3.8) is 0 Å². The number of rotatable bonds is 10. The summed E-state index contributed by atoms with van der Waals surface area (Å²) in [5.41, 5.74) is 2.05. The topological polar surface area (TPSA) is 49.2 Å². The van der Waals surface area contributed by atoms with Gasteiger partial charge in [-0.3, -0.25) is 0 Å². The Morgan fingerprint density at radius 1 is 0.912 bits per heavy atom. The maximum atomic E-state index is 14.3. The molecule has 1 atom stereocenters. The second-order valence-corrected chi connectivity index (χ2v) is 8.90. The predicted molar refractivity (Wildman–Crippen MR) is 129 cm³/mol. The molecule has 0 saturated heterocycles. The number of ether oxygens (including phenoxy) is 2. The van der Waals surface area contributed by atoms with Gasteiger partial charge in [0.2, 0.25) is 0 Å². The van der Waals surface area contributed by atoms with Crippen molar-refractivity contribution in [3.05, 3.63) is 95.8 Å². The molecule has 0 radical (unpaired) electrons. The number of benzene rings is 3. The van der Waals surface area contributed by atoms with Crippen LogP contribution in [0.2, 0.25) is 0 Å². The molecular formula is C26H25F2N3O2S. The van der Waals surface area contributed by atoms with E-state index in [0.717, 1.165) is 16.9 Å². The van der Waals surface area contributed by atoms with E-state index >= 15 is 0 Å². The van der Waals surface area contributed by atoms with Gasteiger partial charge in [-0.05, 0) is 30.7 Å². The lowest BCUT2D eigenvalue weighted by atomic mass is 10.1. The Balaban J connectivity index is 1.56. The van der Waals surface area contributed by atoms with Gasteiger partial charge in [-0.1, -0.05) is 66.4 Å². The normalized spacial score (nSPS) is 12.0. The van der Waals surface area contributed by atoms with Crippen LogP contribution in [0.1, 0.15) is 23.6 Å². The van der Waals surface area contributed by atoms with Crippen LogP contribution in [0.15, 0.2) is 78.0 Å². The summed E-state index contributed by atoms with van der Waals surface area (Å²) in [6, 6.07) is 21.7. The summed E-state index contributed by atoms with van der Waals surface area (Å²) in [5, 5.41) is 8.63. The van der Waals surface area contributed by atoms with Crippen molar-refractivity contribution in [3.8, 4) is 16.9 Å². The second kappa shape index (κ2) is 11.3. The van der Waals surface area contributed by atoms with Gasteiger partial charge in [-0.2, -0.15) is 0 Å². The number of hydrogen-bond donors (Lipinski definition) is 0. The van der Waals surface area contributed by atoms with Gasteiger partial charge in [-0.15, -0.1) is 10.2 Å². The molecular weight excluding hydrogens is 456 g/mol.